The van der Waals surface area contributed by atoms with Crippen LogP contribution in [0.25, 0.3) is 0 Å². The highest BCUT2D eigenvalue weighted by molar-refractivity contribution is 6.30. The second kappa shape index (κ2) is 6.13. The van der Waals surface area contributed by atoms with Gasteiger partial charge < -0.3 is 5.32 Å². The Morgan fingerprint density at radius 2 is 1.79 bits per heavy atom. The second-order valence-corrected chi connectivity index (χ2v) is 4.87. The third-order valence-electron chi connectivity index (χ3n) is 2.88. The van der Waals surface area contributed by atoms with Crippen molar-refractivity contribution in [3.05, 3.63) is 70.2 Å². The van der Waals surface area contributed by atoms with E-state index in [1.807, 2.05) is 25.1 Å². The minimum Gasteiger partial charge on any atom is -0.306 e. The highest BCUT2D eigenvalue weighted by Gasteiger charge is 2.06. The third-order valence-corrected chi connectivity index (χ3v) is 3.12. The van der Waals surface area contributed by atoms with E-state index in [1.54, 1.807) is 6.07 Å². The predicted octanol–water partition coefficient (Wildman–Crippen LogP) is 4.47. The molecule has 0 aliphatic rings. The van der Waals surface area contributed by atoms with Crippen LogP contribution in [0.3, 0.4) is 0 Å². The number of hydrogen-bond acceptors (Lipinski definition) is 1. The Labute approximate surface area is 116 Å². The first-order chi connectivity index (χ1) is 9.04. The van der Waals surface area contributed by atoms with Gasteiger partial charge in [-0.15, -0.1) is 0 Å². The van der Waals surface area contributed by atoms with Gasteiger partial charge >= 0.3 is 0 Å². The second-order valence-electron chi connectivity index (χ2n) is 4.44. The molecule has 0 bridgehead atoms. The molecule has 0 radical (unpaired) electrons. The molecule has 0 spiro atoms. The SMILES string of the molecule is CC(NCc1cc(F)cc(F)c1)c1cccc(Cl)c1. The lowest BCUT2D eigenvalue weighted by Gasteiger charge is -2.14. The highest BCUT2D eigenvalue weighted by Crippen LogP contribution is 2.18. The van der Waals surface area contributed by atoms with Crippen molar-refractivity contribution in [2.75, 3.05) is 0 Å². The molecule has 100 valence electrons. The van der Waals surface area contributed by atoms with Crippen LogP contribution in [-0.2, 0) is 6.54 Å². The molecule has 4 heteroatoms. The normalized spacial score (nSPS) is 12.4. The maximum Gasteiger partial charge on any atom is 0.126 e. The summed E-state index contributed by atoms with van der Waals surface area (Å²) >= 11 is 5.92. The third kappa shape index (κ3) is 4.01. The summed E-state index contributed by atoms with van der Waals surface area (Å²) in [7, 11) is 0. The molecule has 1 unspecified atom stereocenters. The maximum absolute atomic E-state index is 13.0. The fourth-order valence-electron chi connectivity index (χ4n) is 1.88. The Bertz CT molecular complexity index is 552. The van der Waals surface area contributed by atoms with E-state index < -0.39 is 11.6 Å². The zero-order valence-corrected chi connectivity index (χ0v) is 11.2. The van der Waals surface area contributed by atoms with Crippen molar-refractivity contribution in [3.8, 4) is 0 Å². The van der Waals surface area contributed by atoms with Crippen molar-refractivity contribution >= 4 is 11.6 Å². The Morgan fingerprint density at radius 3 is 2.42 bits per heavy atom. The molecule has 0 aromatic heterocycles. The van der Waals surface area contributed by atoms with Crippen LogP contribution >= 0.6 is 11.6 Å². The minimum atomic E-state index is -0.563. The minimum absolute atomic E-state index is 0.0463. The van der Waals surface area contributed by atoms with Crippen molar-refractivity contribution in [2.45, 2.75) is 19.5 Å². The molecular weight excluding hydrogens is 268 g/mol. The molecule has 0 aliphatic carbocycles. The Morgan fingerprint density at radius 1 is 1.11 bits per heavy atom. The highest BCUT2D eigenvalue weighted by atomic mass is 35.5. The quantitative estimate of drug-likeness (QED) is 0.872. The van der Waals surface area contributed by atoms with Crippen LogP contribution in [0, 0.1) is 11.6 Å². The van der Waals surface area contributed by atoms with E-state index in [4.69, 9.17) is 11.6 Å². The monoisotopic (exact) mass is 281 g/mol. The molecule has 2 aromatic carbocycles. The van der Waals surface area contributed by atoms with Crippen molar-refractivity contribution in [3.63, 3.8) is 0 Å². The first-order valence-corrected chi connectivity index (χ1v) is 6.36. The molecule has 0 saturated carbocycles. The van der Waals surface area contributed by atoms with Crippen LogP contribution in [0.4, 0.5) is 8.78 Å². The molecule has 19 heavy (non-hydrogen) atoms. The fraction of sp³-hybridized carbons (Fsp3) is 0.200. The van der Waals surface area contributed by atoms with Crippen molar-refractivity contribution < 1.29 is 8.78 Å². The van der Waals surface area contributed by atoms with E-state index in [2.05, 4.69) is 5.32 Å². The molecule has 1 nitrogen and oxygen atoms in total. The summed E-state index contributed by atoms with van der Waals surface area (Å²) in [4.78, 5) is 0. The van der Waals surface area contributed by atoms with Gasteiger partial charge in [-0.3, -0.25) is 0 Å². The topological polar surface area (TPSA) is 12.0 Å². The lowest BCUT2D eigenvalue weighted by Crippen LogP contribution is -2.18. The molecule has 0 aliphatic heterocycles. The zero-order chi connectivity index (χ0) is 13.8. The van der Waals surface area contributed by atoms with Crippen molar-refractivity contribution in [1.29, 1.82) is 0 Å². The largest absolute Gasteiger partial charge is 0.306 e. The maximum atomic E-state index is 13.0. The number of rotatable bonds is 4. The van der Waals surface area contributed by atoms with Gasteiger partial charge in [-0.05, 0) is 42.3 Å². The van der Waals surface area contributed by atoms with Gasteiger partial charge in [0.15, 0.2) is 0 Å². The van der Waals surface area contributed by atoms with Gasteiger partial charge in [0.05, 0.1) is 0 Å². The number of benzene rings is 2. The molecule has 1 N–H and O–H groups in total. The van der Waals surface area contributed by atoms with E-state index in [-0.39, 0.29) is 6.04 Å². The van der Waals surface area contributed by atoms with Crippen LogP contribution < -0.4 is 5.32 Å². The average Bonchev–Trinajstić information content (AvgIpc) is 2.35. The number of hydrogen-bond donors (Lipinski definition) is 1. The summed E-state index contributed by atoms with van der Waals surface area (Å²) in [6.07, 6.45) is 0. The Kier molecular flexibility index (Phi) is 4.51. The van der Waals surface area contributed by atoms with Crippen LogP contribution in [0.15, 0.2) is 42.5 Å². The van der Waals surface area contributed by atoms with Gasteiger partial charge in [0.2, 0.25) is 0 Å². The van der Waals surface area contributed by atoms with Crippen LogP contribution in [-0.4, -0.2) is 0 Å². The molecule has 1 atom stereocenters. The summed E-state index contributed by atoms with van der Waals surface area (Å²) in [6.45, 7) is 2.36. The first kappa shape index (κ1) is 14.0. The summed E-state index contributed by atoms with van der Waals surface area (Å²) in [6, 6.07) is 11.1. The summed E-state index contributed by atoms with van der Waals surface area (Å²) in [5.74, 6) is -1.13. The lowest BCUT2D eigenvalue weighted by atomic mass is 10.1. The number of nitrogens with one attached hydrogen (secondary N) is 1. The summed E-state index contributed by atoms with van der Waals surface area (Å²) in [5.41, 5.74) is 1.61. The first-order valence-electron chi connectivity index (χ1n) is 5.98. The van der Waals surface area contributed by atoms with E-state index in [0.29, 0.717) is 17.1 Å². The zero-order valence-electron chi connectivity index (χ0n) is 10.5. The van der Waals surface area contributed by atoms with Gasteiger partial charge in [-0.2, -0.15) is 0 Å². The van der Waals surface area contributed by atoms with E-state index in [1.165, 1.54) is 12.1 Å². The Balaban J connectivity index is 2.02. The summed E-state index contributed by atoms with van der Waals surface area (Å²) in [5, 5.41) is 3.87. The molecule has 0 fully saturated rings. The van der Waals surface area contributed by atoms with Crippen molar-refractivity contribution in [1.82, 2.24) is 5.32 Å². The van der Waals surface area contributed by atoms with Crippen LogP contribution in [0.1, 0.15) is 24.1 Å². The van der Waals surface area contributed by atoms with Gasteiger partial charge in [0.25, 0.3) is 0 Å². The fourth-order valence-corrected chi connectivity index (χ4v) is 2.08. The number of halogens is 3. The average molecular weight is 282 g/mol. The molecule has 0 heterocycles. The van der Waals surface area contributed by atoms with Crippen LogP contribution in [0.2, 0.25) is 5.02 Å². The van der Waals surface area contributed by atoms with Gasteiger partial charge in [-0.25, -0.2) is 8.78 Å². The van der Waals surface area contributed by atoms with E-state index in [0.717, 1.165) is 11.6 Å². The van der Waals surface area contributed by atoms with Crippen LogP contribution in [0.5, 0.6) is 0 Å². The lowest BCUT2D eigenvalue weighted by molar-refractivity contribution is 0.554. The van der Waals surface area contributed by atoms with E-state index >= 15 is 0 Å². The van der Waals surface area contributed by atoms with Gasteiger partial charge in [0, 0.05) is 23.7 Å². The summed E-state index contributed by atoms with van der Waals surface area (Å²) < 4.78 is 26.1. The molecular formula is C15H14ClF2N. The predicted molar refractivity (Wildman–Crippen MR) is 73.1 cm³/mol. The van der Waals surface area contributed by atoms with E-state index in [9.17, 15) is 8.78 Å². The van der Waals surface area contributed by atoms with Gasteiger partial charge in [0.1, 0.15) is 11.6 Å². The molecule has 2 rings (SSSR count). The van der Waals surface area contributed by atoms with Gasteiger partial charge in [-0.1, -0.05) is 23.7 Å². The Hall–Kier alpha value is -1.45. The smallest absolute Gasteiger partial charge is 0.126 e. The molecule has 0 saturated heterocycles. The molecule has 2 aromatic rings. The standard InChI is InChI=1S/C15H14ClF2N/c1-10(12-3-2-4-13(16)7-12)19-9-11-5-14(17)8-15(18)6-11/h2-8,10,19H,9H2,1H3. The van der Waals surface area contributed by atoms with Crippen molar-refractivity contribution in [2.24, 2.45) is 0 Å². The molecule has 0 amide bonds.